The van der Waals surface area contributed by atoms with Crippen LogP contribution in [-0.4, -0.2) is 52.1 Å². The summed E-state index contributed by atoms with van der Waals surface area (Å²) >= 11 is 0. The predicted molar refractivity (Wildman–Crippen MR) is 118 cm³/mol. The van der Waals surface area contributed by atoms with Crippen LogP contribution in [-0.2, 0) is 4.79 Å². The van der Waals surface area contributed by atoms with Crippen molar-refractivity contribution in [1.82, 2.24) is 19.9 Å². The molecule has 1 aliphatic heterocycles. The Hall–Kier alpha value is -3.67. The van der Waals surface area contributed by atoms with Crippen LogP contribution in [0.15, 0.2) is 36.7 Å². The zero-order valence-corrected chi connectivity index (χ0v) is 17.6. The predicted octanol–water partition coefficient (Wildman–Crippen LogP) is 3.47. The van der Waals surface area contributed by atoms with E-state index in [1.165, 1.54) is 25.2 Å². The van der Waals surface area contributed by atoms with Gasteiger partial charge in [0, 0.05) is 13.1 Å². The SMILES string of the molecule is FC1CC1.Nc1ncnc2[nH]c(C#CCOc3ccccc3F)cc12.O=CN1CCCC1. The molecule has 0 unspecified atom stereocenters. The number of nitrogen functional groups attached to an aromatic ring is 1. The summed E-state index contributed by atoms with van der Waals surface area (Å²) in [6.45, 7) is 2.03. The Bertz CT molecular complexity index is 1080. The smallest absolute Gasteiger partial charge is 0.209 e. The van der Waals surface area contributed by atoms with Gasteiger partial charge in [0.15, 0.2) is 11.6 Å². The molecular weight excluding hydrogens is 416 g/mol. The molecule has 0 spiro atoms. The Balaban J connectivity index is 0.000000214. The van der Waals surface area contributed by atoms with E-state index in [-0.39, 0.29) is 12.4 Å². The van der Waals surface area contributed by atoms with Crippen molar-refractivity contribution in [2.75, 3.05) is 25.4 Å². The summed E-state index contributed by atoms with van der Waals surface area (Å²) in [5, 5.41) is 0.719. The van der Waals surface area contributed by atoms with Crippen LogP contribution in [0, 0.1) is 17.7 Å². The van der Waals surface area contributed by atoms with E-state index in [1.807, 2.05) is 0 Å². The number of hydrogen-bond acceptors (Lipinski definition) is 5. The van der Waals surface area contributed by atoms with Gasteiger partial charge in [-0.25, -0.2) is 18.7 Å². The molecule has 7 nitrogen and oxygen atoms in total. The van der Waals surface area contributed by atoms with E-state index >= 15 is 0 Å². The number of anilines is 1. The molecule has 1 amide bonds. The van der Waals surface area contributed by atoms with E-state index in [1.54, 1.807) is 29.2 Å². The minimum Gasteiger partial charge on any atom is -0.478 e. The number of nitrogens with one attached hydrogen (secondary N) is 1. The van der Waals surface area contributed by atoms with Crippen LogP contribution in [0.2, 0.25) is 0 Å². The highest BCUT2D eigenvalue weighted by molar-refractivity contribution is 5.87. The number of likely N-dealkylation sites (tertiary alicyclic amines) is 1. The van der Waals surface area contributed by atoms with Crippen molar-refractivity contribution in [1.29, 1.82) is 0 Å². The molecular formula is C23H25F2N5O2. The molecule has 0 atom stereocenters. The van der Waals surface area contributed by atoms with Gasteiger partial charge in [0.2, 0.25) is 6.41 Å². The van der Waals surface area contributed by atoms with E-state index < -0.39 is 12.0 Å². The molecule has 2 aliphatic rings. The number of para-hydroxylation sites is 1. The second kappa shape index (κ2) is 11.6. The zero-order valence-electron chi connectivity index (χ0n) is 17.6. The summed E-state index contributed by atoms with van der Waals surface area (Å²) in [5.41, 5.74) is 7.01. The van der Waals surface area contributed by atoms with Crippen LogP contribution in [0.25, 0.3) is 11.0 Å². The van der Waals surface area contributed by atoms with Gasteiger partial charge < -0.3 is 20.4 Å². The first-order chi connectivity index (χ1) is 15.6. The molecule has 1 saturated heterocycles. The number of carbonyl (C=O) groups is 1. The number of fused-ring (bicyclic) bond motifs is 1. The van der Waals surface area contributed by atoms with E-state index in [9.17, 15) is 13.6 Å². The number of aromatic amines is 1. The third-order valence-electron chi connectivity index (χ3n) is 4.61. The number of carbonyl (C=O) groups excluding carboxylic acids is 1. The number of nitrogens with two attached hydrogens (primary N) is 1. The fourth-order valence-corrected chi connectivity index (χ4v) is 2.74. The van der Waals surface area contributed by atoms with E-state index in [2.05, 4.69) is 26.8 Å². The molecule has 3 heterocycles. The maximum atomic E-state index is 13.3. The van der Waals surface area contributed by atoms with Crippen LogP contribution < -0.4 is 10.5 Å². The minimum absolute atomic E-state index is 0.0808. The zero-order chi connectivity index (χ0) is 22.8. The van der Waals surface area contributed by atoms with Crippen molar-refractivity contribution in [3.8, 4) is 17.6 Å². The summed E-state index contributed by atoms with van der Waals surface area (Å²) in [6, 6.07) is 7.95. The van der Waals surface area contributed by atoms with Gasteiger partial charge in [0.05, 0.1) is 11.1 Å². The number of hydrogen-bond donors (Lipinski definition) is 2. The maximum Gasteiger partial charge on any atom is 0.209 e. The number of halogens is 2. The lowest BCUT2D eigenvalue weighted by Crippen LogP contribution is -2.15. The number of rotatable bonds is 3. The summed E-state index contributed by atoms with van der Waals surface area (Å²) in [7, 11) is 0. The largest absolute Gasteiger partial charge is 0.478 e. The van der Waals surface area contributed by atoms with Gasteiger partial charge >= 0.3 is 0 Å². The first-order valence-electron chi connectivity index (χ1n) is 10.4. The Morgan fingerprint density at radius 1 is 1.25 bits per heavy atom. The number of benzene rings is 1. The number of H-pyrrole nitrogens is 1. The Morgan fingerprint density at radius 2 is 1.97 bits per heavy atom. The average molecular weight is 441 g/mol. The van der Waals surface area contributed by atoms with Crippen molar-refractivity contribution in [2.24, 2.45) is 0 Å². The molecule has 168 valence electrons. The lowest BCUT2D eigenvalue weighted by atomic mass is 10.3. The molecule has 1 saturated carbocycles. The van der Waals surface area contributed by atoms with Gasteiger partial charge in [0.1, 0.15) is 30.6 Å². The summed E-state index contributed by atoms with van der Waals surface area (Å²) in [4.78, 5) is 22.7. The van der Waals surface area contributed by atoms with Crippen molar-refractivity contribution in [2.45, 2.75) is 31.9 Å². The number of aromatic nitrogens is 3. The standard InChI is InChI=1S/C15H11FN4O.C5H9NO.C3H5F/c16-12-5-1-2-6-13(12)21-7-3-4-10-8-11-14(17)18-9-19-15(11)20-10;7-5-6-3-1-2-4-6;4-3-1-2-3/h1-2,5-6,8-9H,7H2,(H3,17,18,19,20);5H,1-4H2;3H,1-2H2. The Morgan fingerprint density at radius 3 is 2.56 bits per heavy atom. The molecule has 3 N–H and O–H groups in total. The van der Waals surface area contributed by atoms with Crippen molar-refractivity contribution in [3.63, 3.8) is 0 Å². The molecule has 9 heteroatoms. The van der Waals surface area contributed by atoms with Crippen molar-refractivity contribution >= 4 is 23.3 Å². The molecule has 0 bridgehead atoms. The van der Waals surface area contributed by atoms with Crippen LogP contribution in [0.1, 0.15) is 31.4 Å². The molecule has 0 radical (unpaired) electrons. The van der Waals surface area contributed by atoms with Gasteiger partial charge in [-0.1, -0.05) is 18.1 Å². The highest BCUT2D eigenvalue weighted by Gasteiger charge is 2.18. The fraction of sp³-hybridized carbons (Fsp3) is 0.348. The van der Waals surface area contributed by atoms with Crippen molar-refractivity contribution in [3.05, 3.63) is 48.2 Å². The van der Waals surface area contributed by atoms with Gasteiger partial charge in [-0.15, -0.1) is 0 Å². The van der Waals surface area contributed by atoms with Gasteiger partial charge in [0.25, 0.3) is 0 Å². The van der Waals surface area contributed by atoms with Crippen LogP contribution in [0.5, 0.6) is 5.75 Å². The minimum atomic E-state index is -0.417. The normalized spacial score (nSPS) is 14.4. The summed E-state index contributed by atoms with van der Waals surface area (Å²) in [5.74, 6) is 5.84. The highest BCUT2D eigenvalue weighted by Crippen LogP contribution is 2.22. The van der Waals surface area contributed by atoms with Crippen molar-refractivity contribution < 1.29 is 18.3 Å². The molecule has 2 fully saturated rings. The third kappa shape index (κ3) is 7.23. The molecule has 1 aromatic carbocycles. The van der Waals surface area contributed by atoms with Crippen LogP contribution >= 0.6 is 0 Å². The highest BCUT2D eigenvalue weighted by atomic mass is 19.1. The third-order valence-corrected chi connectivity index (χ3v) is 4.61. The van der Waals surface area contributed by atoms with Gasteiger partial charge in [-0.3, -0.25) is 4.79 Å². The Labute approximate surface area is 185 Å². The molecule has 3 aromatic rings. The number of nitrogens with zero attached hydrogens (tertiary/aromatic N) is 3. The van der Waals surface area contributed by atoms with Crippen LogP contribution in [0.3, 0.4) is 0 Å². The number of amides is 1. The second-order valence-corrected chi connectivity index (χ2v) is 7.25. The van der Waals surface area contributed by atoms with Crippen LogP contribution in [0.4, 0.5) is 14.6 Å². The molecule has 1 aliphatic carbocycles. The fourth-order valence-electron chi connectivity index (χ4n) is 2.74. The molecule has 2 aromatic heterocycles. The quantitative estimate of drug-likeness (QED) is 0.479. The second-order valence-electron chi connectivity index (χ2n) is 7.25. The summed E-state index contributed by atoms with van der Waals surface area (Å²) in [6.07, 6.45) is 5.91. The van der Waals surface area contributed by atoms with Gasteiger partial charge in [-0.2, -0.15) is 0 Å². The first-order valence-corrected chi connectivity index (χ1v) is 10.4. The van der Waals surface area contributed by atoms with E-state index in [0.29, 0.717) is 17.2 Å². The lowest BCUT2D eigenvalue weighted by Gasteiger charge is -2.03. The monoisotopic (exact) mass is 441 g/mol. The first kappa shape index (κ1) is 23.0. The molecule has 32 heavy (non-hydrogen) atoms. The lowest BCUT2D eigenvalue weighted by molar-refractivity contribution is -0.117. The topological polar surface area (TPSA) is 97.1 Å². The average Bonchev–Trinajstić information content (AvgIpc) is 3.25. The maximum absolute atomic E-state index is 13.3. The van der Waals surface area contributed by atoms with E-state index in [4.69, 9.17) is 10.5 Å². The Kier molecular flexibility index (Phi) is 8.37. The number of ether oxygens (including phenoxy) is 1. The molecule has 5 rings (SSSR count). The summed E-state index contributed by atoms with van der Waals surface area (Å²) < 4.78 is 29.7. The van der Waals surface area contributed by atoms with E-state index in [0.717, 1.165) is 37.7 Å². The van der Waals surface area contributed by atoms with Gasteiger partial charge in [-0.05, 0) is 49.8 Å². The number of alkyl halides is 1.